The highest BCUT2D eigenvalue weighted by Gasteiger charge is 2.13. The molecule has 0 amide bonds. The van der Waals surface area contributed by atoms with Crippen LogP contribution in [-0.4, -0.2) is 31.8 Å². The van der Waals surface area contributed by atoms with Gasteiger partial charge in [-0.05, 0) is 56.0 Å². The van der Waals surface area contributed by atoms with Crippen molar-refractivity contribution in [3.05, 3.63) is 75.6 Å². The first-order chi connectivity index (χ1) is 15.6. The Morgan fingerprint density at radius 3 is 2.75 bits per heavy atom. The van der Waals surface area contributed by atoms with Crippen molar-refractivity contribution in [2.45, 2.75) is 50.6 Å². The molecule has 2 heterocycles. The summed E-state index contributed by atoms with van der Waals surface area (Å²) in [4.78, 5) is 19.7. The smallest absolute Gasteiger partial charge is 0.258 e. The second kappa shape index (κ2) is 9.99. The third-order valence-electron chi connectivity index (χ3n) is 5.43. The monoisotopic (exact) mass is 449 g/mol. The minimum Gasteiger partial charge on any atom is -0.496 e. The molecule has 4 rings (SSSR count). The van der Waals surface area contributed by atoms with Crippen molar-refractivity contribution in [3.63, 3.8) is 0 Å². The van der Waals surface area contributed by atoms with Gasteiger partial charge in [0.25, 0.3) is 5.56 Å². The van der Waals surface area contributed by atoms with Crippen LogP contribution in [0.25, 0.3) is 10.9 Å². The van der Waals surface area contributed by atoms with Gasteiger partial charge in [-0.15, -0.1) is 10.2 Å². The van der Waals surface area contributed by atoms with Crippen LogP contribution < -0.4 is 10.3 Å². The van der Waals surface area contributed by atoms with E-state index in [2.05, 4.69) is 50.7 Å². The second-order valence-electron chi connectivity index (χ2n) is 7.62. The van der Waals surface area contributed by atoms with Crippen molar-refractivity contribution in [3.8, 4) is 5.75 Å². The average Bonchev–Trinajstić information content (AvgIpc) is 3.19. The average molecular weight is 450 g/mol. The molecule has 0 saturated heterocycles. The number of fused-ring (bicyclic) bond motifs is 1. The molecule has 0 aliphatic rings. The third-order valence-corrected chi connectivity index (χ3v) is 6.41. The van der Waals surface area contributed by atoms with Crippen LogP contribution in [0.4, 0.5) is 0 Å². The Hall–Kier alpha value is -3.13. The summed E-state index contributed by atoms with van der Waals surface area (Å²) in [5.41, 5.74) is 3.04. The van der Waals surface area contributed by atoms with Gasteiger partial charge in [0.15, 0.2) is 5.16 Å². The normalized spacial score (nSPS) is 11.2. The summed E-state index contributed by atoms with van der Waals surface area (Å²) in [6.07, 6.45) is 2.83. The lowest BCUT2D eigenvalue weighted by Crippen LogP contribution is -2.11. The fourth-order valence-corrected chi connectivity index (χ4v) is 4.70. The fourth-order valence-electron chi connectivity index (χ4n) is 3.81. The van der Waals surface area contributed by atoms with Gasteiger partial charge in [-0.25, -0.2) is 4.98 Å². The predicted octanol–water partition coefficient (Wildman–Crippen LogP) is 4.32. The number of aryl methyl sites for hydroxylation is 3. The number of methoxy groups -OCH3 is 1. The zero-order valence-corrected chi connectivity index (χ0v) is 19.4. The van der Waals surface area contributed by atoms with Crippen LogP contribution in [0.5, 0.6) is 5.75 Å². The molecule has 2 aromatic carbocycles. The summed E-state index contributed by atoms with van der Waals surface area (Å²) >= 11 is 1.54. The van der Waals surface area contributed by atoms with E-state index in [-0.39, 0.29) is 5.56 Å². The molecule has 166 valence electrons. The SMILES string of the molecule is CCn1c(CCCc2ccc(OC)c(C)c2)nnc1SCc1nc2ccccc2c(=O)[nH]1. The van der Waals surface area contributed by atoms with Gasteiger partial charge in [0.2, 0.25) is 0 Å². The molecule has 2 aromatic heterocycles. The van der Waals surface area contributed by atoms with Crippen molar-refractivity contribution >= 4 is 22.7 Å². The Balaban J connectivity index is 1.39. The first-order valence-electron chi connectivity index (χ1n) is 10.8. The molecule has 1 N–H and O–H groups in total. The molecule has 0 saturated carbocycles. The number of benzene rings is 2. The van der Waals surface area contributed by atoms with E-state index in [9.17, 15) is 4.79 Å². The third kappa shape index (κ3) is 4.85. The molecule has 32 heavy (non-hydrogen) atoms. The maximum atomic E-state index is 12.3. The minimum absolute atomic E-state index is 0.113. The summed E-state index contributed by atoms with van der Waals surface area (Å²) in [6.45, 7) is 4.96. The number of nitrogens with one attached hydrogen (secondary N) is 1. The van der Waals surface area contributed by atoms with E-state index in [0.29, 0.717) is 22.5 Å². The molecule has 0 aliphatic carbocycles. The second-order valence-corrected chi connectivity index (χ2v) is 8.56. The van der Waals surface area contributed by atoms with E-state index in [4.69, 9.17) is 4.74 Å². The van der Waals surface area contributed by atoms with Crippen molar-refractivity contribution < 1.29 is 4.74 Å². The zero-order valence-electron chi connectivity index (χ0n) is 18.6. The van der Waals surface area contributed by atoms with Gasteiger partial charge >= 0.3 is 0 Å². The molecule has 0 spiro atoms. The van der Waals surface area contributed by atoms with E-state index in [0.717, 1.165) is 48.1 Å². The largest absolute Gasteiger partial charge is 0.496 e. The zero-order chi connectivity index (χ0) is 22.5. The van der Waals surface area contributed by atoms with E-state index < -0.39 is 0 Å². The molecule has 0 aliphatic heterocycles. The molecular weight excluding hydrogens is 422 g/mol. The summed E-state index contributed by atoms with van der Waals surface area (Å²) in [6, 6.07) is 13.7. The number of hydrogen-bond acceptors (Lipinski definition) is 6. The number of aromatic amines is 1. The lowest BCUT2D eigenvalue weighted by atomic mass is 10.0. The number of hydrogen-bond donors (Lipinski definition) is 1. The summed E-state index contributed by atoms with van der Waals surface area (Å²) in [5.74, 6) is 3.08. The van der Waals surface area contributed by atoms with E-state index >= 15 is 0 Å². The number of para-hydroxylation sites is 1. The summed E-state index contributed by atoms with van der Waals surface area (Å²) in [7, 11) is 1.70. The van der Waals surface area contributed by atoms with Crippen LogP contribution in [0.2, 0.25) is 0 Å². The van der Waals surface area contributed by atoms with Gasteiger partial charge in [0.05, 0.1) is 23.8 Å². The molecule has 0 radical (unpaired) electrons. The van der Waals surface area contributed by atoms with E-state index in [1.54, 1.807) is 24.9 Å². The highest BCUT2D eigenvalue weighted by molar-refractivity contribution is 7.98. The van der Waals surface area contributed by atoms with Crippen LogP contribution in [0.15, 0.2) is 52.4 Å². The summed E-state index contributed by atoms with van der Waals surface area (Å²) < 4.78 is 7.48. The first kappa shape index (κ1) is 22.1. The molecule has 0 bridgehead atoms. The number of aromatic nitrogens is 5. The van der Waals surface area contributed by atoms with E-state index in [1.165, 1.54) is 5.56 Å². The van der Waals surface area contributed by atoms with Crippen LogP contribution in [0.3, 0.4) is 0 Å². The Morgan fingerprint density at radius 1 is 1.12 bits per heavy atom. The highest BCUT2D eigenvalue weighted by Crippen LogP contribution is 2.23. The number of H-pyrrole nitrogens is 1. The Labute approximate surface area is 191 Å². The van der Waals surface area contributed by atoms with Gasteiger partial charge in [0, 0.05) is 13.0 Å². The molecular formula is C24H27N5O2S. The van der Waals surface area contributed by atoms with E-state index in [1.807, 2.05) is 24.3 Å². The highest BCUT2D eigenvalue weighted by atomic mass is 32.2. The maximum Gasteiger partial charge on any atom is 0.258 e. The molecule has 8 heteroatoms. The van der Waals surface area contributed by atoms with Crippen LogP contribution in [0.1, 0.15) is 36.1 Å². The Bertz CT molecular complexity index is 1280. The molecule has 4 aromatic rings. The standard InChI is InChI=1S/C24H27N5O2S/c1-4-29-22(11-7-8-17-12-13-20(31-3)16(2)14-17)27-28-24(29)32-15-21-25-19-10-6-5-9-18(19)23(30)26-21/h5-6,9-10,12-14H,4,7-8,11,15H2,1-3H3,(H,25,26,30). The van der Waals surface area contributed by atoms with Crippen LogP contribution in [0, 0.1) is 6.92 Å². The van der Waals surface area contributed by atoms with Crippen molar-refractivity contribution in [2.24, 2.45) is 0 Å². The van der Waals surface area contributed by atoms with Crippen molar-refractivity contribution in [1.82, 2.24) is 24.7 Å². The van der Waals surface area contributed by atoms with Crippen LogP contribution in [-0.2, 0) is 25.1 Å². The number of thioether (sulfide) groups is 1. The van der Waals surface area contributed by atoms with Crippen molar-refractivity contribution in [1.29, 1.82) is 0 Å². The van der Waals surface area contributed by atoms with Crippen LogP contribution >= 0.6 is 11.8 Å². The minimum atomic E-state index is -0.113. The predicted molar refractivity (Wildman–Crippen MR) is 127 cm³/mol. The topological polar surface area (TPSA) is 85.7 Å². The lowest BCUT2D eigenvalue weighted by molar-refractivity contribution is 0.411. The molecule has 0 unspecified atom stereocenters. The molecule has 0 atom stereocenters. The van der Waals surface area contributed by atoms with Gasteiger partial charge in [-0.2, -0.15) is 0 Å². The van der Waals surface area contributed by atoms with Gasteiger partial charge in [-0.3, -0.25) is 4.79 Å². The maximum absolute atomic E-state index is 12.3. The quantitative estimate of drug-likeness (QED) is 0.383. The Kier molecular flexibility index (Phi) is 6.90. The van der Waals surface area contributed by atoms with Gasteiger partial charge in [0.1, 0.15) is 17.4 Å². The summed E-state index contributed by atoms with van der Waals surface area (Å²) in [5, 5.41) is 10.3. The lowest BCUT2D eigenvalue weighted by Gasteiger charge is -2.09. The number of ether oxygens (including phenoxy) is 1. The molecule has 0 fully saturated rings. The first-order valence-corrected chi connectivity index (χ1v) is 11.7. The molecule has 7 nitrogen and oxygen atoms in total. The van der Waals surface area contributed by atoms with Crippen molar-refractivity contribution in [2.75, 3.05) is 7.11 Å². The van der Waals surface area contributed by atoms with Gasteiger partial charge < -0.3 is 14.3 Å². The Morgan fingerprint density at radius 2 is 1.97 bits per heavy atom. The number of nitrogens with zero attached hydrogens (tertiary/aromatic N) is 4. The number of rotatable bonds is 9. The fraction of sp³-hybridized carbons (Fsp3) is 0.333. The van der Waals surface area contributed by atoms with Gasteiger partial charge in [-0.1, -0.05) is 36.0 Å².